The fourth-order valence-corrected chi connectivity index (χ4v) is 3.55. The van der Waals surface area contributed by atoms with E-state index in [2.05, 4.69) is 10.3 Å². The Bertz CT molecular complexity index is 732. The summed E-state index contributed by atoms with van der Waals surface area (Å²) >= 11 is 0. The number of aryl methyl sites for hydroxylation is 2. The third-order valence-electron chi connectivity index (χ3n) is 5.08. The first-order chi connectivity index (χ1) is 11.8. The Morgan fingerprint density at radius 3 is 2.56 bits per heavy atom. The van der Waals surface area contributed by atoms with Crippen LogP contribution in [0.5, 0.6) is 0 Å². The number of amides is 1. The van der Waals surface area contributed by atoms with Gasteiger partial charge in [-0.15, -0.1) is 0 Å². The number of carbonyl (C=O) groups excluding carboxylic acids is 1. The molecule has 7 nitrogen and oxygen atoms in total. The minimum atomic E-state index is -0.810. The van der Waals surface area contributed by atoms with Crippen molar-refractivity contribution in [3.63, 3.8) is 0 Å². The van der Waals surface area contributed by atoms with Crippen molar-refractivity contribution in [3.8, 4) is 0 Å². The van der Waals surface area contributed by atoms with Crippen LogP contribution in [-0.2, 0) is 4.79 Å². The third kappa shape index (κ3) is 4.28. The molecule has 2 aliphatic carbocycles. The van der Waals surface area contributed by atoms with Gasteiger partial charge < -0.3 is 15.4 Å². The molecule has 1 aromatic heterocycles. The van der Waals surface area contributed by atoms with Crippen LogP contribution in [0.2, 0.25) is 0 Å². The monoisotopic (exact) mass is 347 g/mol. The van der Waals surface area contributed by atoms with Crippen molar-refractivity contribution in [2.45, 2.75) is 51.6 Å². The van der Waals surface area contributed by atoms with Crippen molar-refractivity contribution < 1.29 is 14.7 Å². The summed E-state index contributed by atoms with van der Waals surface area (Å²) < 4.78 is 0. The van der Waals surface area contributed by atoms with Gasteiger partial charge in [-0.25, -0.2) is 0 Å². The molecule has 0 aliphatic heterocycles. The smallest absolute Gasteiger partial charge is 0.317 e. The number of carboxylic acids is 1. The molecule has 1 aromatic rings. The van der Waals surface area contributed by atoms with Gasteiger partial charge in [-0.1, -0.05) is 0 Å². The van der Waals surface area contributed by atoms with E-state index in [0.717, 1.165) is 25.1 Å². The first-order valence-corrected chi connectivity index (χ1v) is 8.80. The van der Waals surface area contributed by atoms with Gasteiger partial charge in [-0.05, 0) is 57.1 Å². The molecule has 0 bridgehead atoms. The number of aliphatic carboxylic acids is 1. The molecule has 0 radical (unpaired) electrons. The fourth-order valence-electron chi connectivity index (χ4n) is 3.55. The minimum Gasteiger partial charge on any atom is -0.480 e. The molecule has 136 valence electrons. The maximum atomic E-state index is 12.4. The van der Waals surface area contributed by atoms with Crippen LogP contribution >= 0.6 is 0 Å². The van der Waals surface area contributed by atoms with Crippen LogP contribution in [0.1, 0.15) is 47.3 Å². The lowest BCUT2D eigenvalue weighted by Crippen LogP contribution is -2.55. The maximum absolute atomic E-state index is 12.4. The summed E-state index contributed by atoms with van der Waals surface area (Å²) in [4.78, 5) is 40.2. The number of pyridine rings is 1. The second-order valence-corrected chi connectivity index (χ2v) is 7.40. The molecule has 1 amide bonds. The van der Waals surface area contributed by atoms with Gasteiger partial charge in [-0.3, -0.25) is 19.3 Å². The van der Waals surface area contributed by atoms with Crippen molar-refractivity contribution in [2.75, 3.05) is 13.1 Å². The van der Waals surface area contributed by atoms with E-state index in [1.807, 2.05) is 4.90 Å². The zero-order chi connectivity index (χ0) is 18.1. The highest BCUT2D eigenvalue weighted by molar-refractivity contribution is 5.95. The Balaban J connectivity index is 1.56. The average molecular weight is 347 g/mol. The van der Waals surface area contributed by atoms with E-state index in [0.29, 0.717) is 11.5 Å². The SMILES string of the molecule is Cc1cc(C)c(C(=O)NC2CC(N(CC(=O)O)CC3CC3)C2)c(=O)[nH]1. The van der Waals surface area contributed by atoms with Crippen LogP contribution in [-0.4, -0.2) is 52.0 Å². The Kier molecular flexibility index (Phi) is 4.94. The van der Waals surface area contributed by atoms with Crippen LogP contribution in [0.25, 0.3) is 0 Å². The van der Waals surface area contributed by atoms with Crippen molar-refractivity contribution in [1.29, 1.82) is 0 Å². The largest absolute Gasteiger partial charge is 0.480 e. The van der Waals surface area contributed by atoms with Gasteiger partial charge in [0.25, 0.3) is 11.5 Å². The summed E-state index contributed by atoms with van der Waals surface area (Å²) in [5, 5.41) is 12.0. The summed E-state index contributed by atoms with van der Waals surface area (Å²) in [5.74, 6) is -0.536. The molecule has 7 heteroatoms. The molecular formula is C18H25N3O4. The van der Waals surface area contributed by atoms with Crippen LogP contribution < -0.4 is 10.9 Å². The second kappa shape index (κ2) is 7.00. The molecule has 0 aromatic carbocycles. The number of aromatic nitrogens is 1. The molecule has 0 saturated heterocycles. The number of carboxylic acid groups (broad SMARTS) is 1. The number of aromatic amines is 1. The van der Waals surface area contributed by atoms with Gasteiger partial charge in [0.2, 0.25) is 0 Å². The summed E-state index contributed by atoms with van der Waals surface area (Å²) in [5.41, 5.74) is 1.18. The second-order valence-electron chi connectivity index (χ2n) is 7.40. The normalized spacial score (nSPS) is 22.5. The molecule has 0 spiro atoms. The number of hydrogen-bond donors (Lipinski definition) is 3. The van der Waals surface area contributed by atoms with E-state index >= 15 is 0 Å². The molecule has 2 fully saturated rings. The highest BCUT2D eigenvalue weighted by Crippen LogP contribution is 2.33. The Morgan fingerprint density at radius 1 is 1.32 bits per heavy atom. The average Bonchev–Trinajstić information content (AvgIpc) is 3.24. The Hall–Kier alpha value is -2.15. The van der Waals surface area contributed by atoms with Crippen molar-refractivity contribution >= 4 is 11.9 Å². The van der Waals surface area contributed by atoms with Crippen LogP contribution in [0.3, 0.4) is 0 Å². The molecule has 25 heavy (non-hydrogen) atoms. The lowest BCUT2D eigenvalue weighted by Gasteiger charge is -2.42. The summed E-state index contributed by atoms with van der Waals surface area (Å²) in [6, 6.07) is 1.97. The molecule has 0 unspecified atom stereocenters. The van der Waals surface area contributed by atoms with Gasteiger partial charge >= 0.3 is 5.97 Å². The highest BCUT2D eigenvalue weighted by Gasteiger charge is 2.38. The van der Waals surface area contributed by atoms with E-state index in [4.69, 9.17) is 5.11 Å². The lowest BCUT2D eigenvalue weighted by atomic mass is 9.85. The van der Waals surface area contributed by atoms with Gasteiger partial charge in [0.15, 0.2) is 0 Å². The first kappa shape index (κ1) is 17.7. The zero-order valence-electron chi connectivity index (χ0n) is 14.7. The Morgan fingerprint density at radius 2 is 2.00 bits per heavy atom. The molecule has 0 atom stereocenters. The molecule has 3 N–H and O–H groups in total. The van der Waals surface area contributed by atoms with Crippen LogP contribution in [0, 0.1) is 19.8 Å². The van der Waals surface area contributed by atoms with Crippen molar-refractivity contribution in [2.24, 2.45) is 5.92 Å². The third-order valence-corrected chi connectivity index (χ3v) is 5.08. The summed E-state index contributed by atoms with van der Waals surface area (Å²) in [6.07, 6.45) is 3.82. The summed E-state index contributed by atoms with van der Waals surface area (Å²) in [7, 11) is 0. The fraction of sp³-hybridized carbons (Fsp3) is 0.611. The number of rotatable bonds is 7. The molecule has 3 rings (SSSR count). The van der Waals surface area contributed by atoms with E-state index in [9.17, 15) is 14.4 Å². The highest BCUT2D eigenvalue weighted by atomic mass is 16.4. The van der Waals surface area contributed by atoms with Gasteiger partial charge in [0, 0.05) is 24.3 Å². The number of H-pyrrole nitrogens is 1. The minimum absolute atomic E-state index is 0.00639. The van der Waals surface area contributed by atoms with Crippen LogP contribution in [0.4, 0.5) is 0 Å². The maximum Gasteiger partial charge on any atom is 0.317 e. The van der Waals surface area contributed by atoms with Gasteiger partial charge in [0.05, 0.1) is 6.54 Å². The number of nitrogens with one attached hydrogen (secondary N) is 2. The lowest BCUT2D eigenvalue weighted by molar-refractivity contribution is -0.139. The van der Waals surface area contributed by atoms with E-state index < -0.39 is 5.97 Å². The standard InChI is InChI=1S/C18H25N3O4/c1-10-5-11(2)19-17(24)16(10)18(25)20-13-6-14(7-13)21(9-15(22)23)8-12-3-4-12/h5,12-14H,3-4,6-9H2,1-2H3,(H,19,24)(H,20,25)(H,22,23). The topological polar surface area (TPSA) is 102 Å². The molecule has 2 saturated carbocycles. The van der Waals surface area contributed by atoms with Crippen molar-refractivity contribution in [3.05, 3.63) is 33.2 Å². The summed E-state index contributed by atoms with van der Waals surface area (Å²) in [6.45, 7) is 4.42. The zero-order valence-corrected chi connectivity index (χ0v) is 14.7. The molecule has 2 aliphatic rings. The van der Waals surface area contributed by atoms with Crippen molar-refractivity contribution in [1.82, 2.24) is 15.2 Å². The van der Waals surface area contributed by atoms with Gasteiger partial charge in [-0.2, -0.15) is 0 Å². The molecular weight excluding hydrogens is 322 g/mol. The number of carbonyl (C=O) groups is 2. The first-order valence-electron chi connectivity index (χ1n) is 8.80. The predicted molar refractivity (Wildman–Crippen MR) is 92.7 cm³/mol. The van der Waals surface area contributed by atoms with E-state index in [-0.39, 0.29) is 35.7 Å². The number of nitrogens with zero attached hydrogens (tertiary/aromatic N) is 1. The quantitative estimate of drug-likeness (QED) is 0.684. The molecule has 1 heterocycles. The van der Waals surface area contributed by atoms with E-state index in [1.54, 1.807) is 19.9 Å². The van der Waals surface area contributed by atoms with Gasteiger partial charge in [0.1, 0.15) is 5.56 Å². The number of hydrogen-bond acceptors (Lipinski definition) is 4. The van der Waals surface area contributed by atoms with E-state index in [1.165, 1.54) is 12.8 Å². The predicted octanol–water partition coefficient (Wildman–Crippen LogP) is 1.05. The Labute approximate surface area is 146 Å². The van der Waals surface area contributed by atoms with Crippen LogP contribution in [0.15, 0.2) is 10.9 Å².